The minimum Gasteiger partial charge on any atom is -0.0622 e. The summed E-state index contributed by atoms with van der Waals surface area (Å²) in [6, 6.07) is 23.6. The van der Waals surface area contributed by atoms with Gasteiger partial charge in [-0.25, -0.2) is 0 Å². The summed E-state index contributed by atoms with van der Waals surface area (Å²) < 4.78 is 0. The van der Waals surface area contributed by atoms with Crippen molar-refractivity contribution < 1.29 is 0 Å². The lowest BCUT2D eigenvalue weighted by Crippen LogP contribution is -1.83. The molecule has 3 rings (SSSR count). The lowest BCUT2D eigenvalue weighted by molar-refractivity contribution is 1.52. The van der Waals surface area contributed by atoms with Crippen LogP contribution in [0.15, 0.2) is 66.7 Å². The van der Waals surface area contributed by atoms with Gasteiger partial charge in [-0.3, -0.25) is 0 Å². The Balaban J connectivity index is 2.35. The Bertz CT molecular complexity index is 651. The summed E-state index contributed by atoms with van der Waals surface area (Å²) in [5.74, 6) is 0. The predicted molar refractivity (Wildman–Crippen MR) is 74.1 cm³/mol. The molecular formula is C17H14. The van der Waals surface area contributed by atoms with E-state index in [1.54, 1.807) is 0 Å². The minimum atomic E-state index is 1.28. The van der Waals surface area contributed by atoms with Crippen molar-refractivity contribution in [3.63, 3.8) is 0 Å². The fraction of sp³-hybridized carbons (Fsp3) is 0.0588. The standard InChI is InChI=1S/C17H14/c1-13-11-12-16(14-7-3-2-4-8-14)17-10-6-5-9-15(13)17/h2-12H,1H3. The van der Waals surface area contributed by atoms with E-state index in [2.05, 4.69) is 73.7 Å². The monoisotopic (exact) mass is 218 g/mol. The van der Waals surface area contributed by atoms with Crippen molar-refractivity contribution in [2.24, 2.45) is 0 Å². The van der Waals surface area contributed by atoms with E-state index in [0.717, 1.165) is 0 Å². The zero-order valence-electron chi connectivity index (χ0n) is 9.85. The van der Waals surface area contributed by atoms with E-state index < -0.39 is 0 Å². The molecule has 0 amide bonds. The Kier molecular flexibility index (Phi) is 2.41. The second kappa shape index (κ2) is 4.06. The van der Waals surface area contributed by atoms with E-state index in [-0.39, 0.29) is 0 Å². The van der Waals surface area contributed by atoms with E-state index in [1.165, 1.54) is 27.5 Å². The molecular weight excluding hydrogens is 204 g/mol. The fourth-order valence-electron chi connectivity index (χ4n) is 2.32. The van der Waals surface area contributed by atoms with Crippen molar-refractivity contribution in [1.29, 1.82) is 0 Å². The maximum atomic E-state index is 2.22. The van der Waals surface area contributed by atoms with Gasteiger partial charge in [0.25, 0.3) is 0 Å². The highest BCUT2D eigenvalue weighted by atomic mass is 14.1. The van der Waals surface area contributed by atoms with Crippen LogP contribution in [0.25, 0.3) is 21.9 Å². The summed E-state index contributed by atoms with van der Waals surface area (Å²) in [6.45, 7) is 2.16. The molecule has 0 saturated carbocycles. The zero-order valence-corrected chi connectivity index (χ0v) is 9.85. The summed E-state index contributed by atoms with van der Waals surface area (Å²) in [6.07, 6.45) is 0. The van der Waals surface area contributed by atoms with Crippen molar-refractivity contribution in [3.05, 3.63) is 72.3 Å². The number of benzene rings is 3. The third kappa shape index (κ3) is 1.72. The summed E-state index contributed by atoms with van der Waals surface area (Å²) >= 11 is 0. The van der Waals surface area contributed by atoms with Crippen LogP contribution in [-0.2, 0) is 0 Å². The van der Waals surface area contributed by atoms with Gasteiger partial charge in [0, 0.05) is 0 Å². The van der Waals surface area contributed by atoms with Gasteiger partial charge in [-0.2, -0.15) is 0 Å². The Labute approximate surface area is 102 Å². The van der Waals surface area contributed by atoms with E-state index in [4.69, 9.17) is 0 Å². The molecule has 0 saturated heterocycles. The number of aryl methyl sites for hydroxylation is 1. The second-order valence-corrected chi connectivity index (χ2v) is 4.34. The molecule has 0 atom stereocenters. The Morgan fingerprint density at radius 1 is 0.588 bits per heavy atom. The van der Waals surface area contributed by atoms with Crippen molar-refractivity contribution in [1.82, 2.24) is 0 Å². The number of fused-ring (bicyclic) bond motifs is 1. The maximum absolute atomic E-state index is 2.22. The van der Waals surface area contributed by atoms with E-state index in [1.807, 2.05) is 0 Å². The lowest BCUT2D eigenvalue weighted by atomic mass is 9.96. The molecule has 0 aliphatic rings. The third-order valence-electron chi connectivity index (χ3n) is 3.23. The average molecular weight is 218 g/mol. The van der Waals surface area contributed by atoms with Crippen molar-refractivity contribution in [3.8, 4) is 11.1 Å². The molecule has 3 aromatic carbocycles. The van der Waals surface area contributed by atoms with Crippen LogP contribution in [-0.4, -0.2) is 0 Å². The number of hydrogen-bond acceptors (Lipinski definition) is 0. The van der Waals surface area contributed by atoms with Crippen LogP contribution in [0.4, 0.5) is 0 Å². The molecule has 0 aliphatic heterocycles. The first-order chi connectivity index (χ1) is 8.36. The molecule has 0 aliphatic carbocycles. The maximum Gasteiger partial charge on any atom is -0.0103 e. The quantitative estimate of drug-likeness (QED) is 0.549. The molecule has 0 bridgehead atoms. The first-order valence-electron chi connectivity index (χ1n) is 5.90. The molecule has 0 radical (unpaired) electrons. The molecule has 0 unspecified atom stereocenters. The van der Waals surface area contributed by atoms with Gasteiger partial charge in [0.2, 0.25) is 0 Å². The molecule has 0 nitrogen and oxygen atoms in total. The second-order valence-electron chi connectivity index (χ2n) is 4.34. The number of rotatable bonds is 1. The third-order valence-corrected chi connectivity index (χ3v) is 3.23. The average Bonchev–Trinajstić information content (AvgIpc) is 2.41. The van der Waals surface area contributed by atoms with Crippen LogP contribution in [0, 0.1) is 6.92 Å². The highest BCUT2D eigenvalue weighted by Gasteiger charge is 2.04. The highest BCUT2D eigenvalue weighted by Crippen LogP contribution is 2.30. The Morgan fingerprint density at radius 3 is 2.00 bits per heavy atom. The van der Waals surface area contributed by atoms with Gasteiger partial charge in [0.15, 0.2) is 0 Å². The lowest BCUT2D eigenvalue weighted by Gasteiger charge is -2.09. The topological polar surface area (TPSA) is 0 Å². The van der Waals surface area contributed by atoms with Crippen LogP contribution in [0.3, 0.4) is 0 Å². The first-order valence-corrected chi connectivity index (χ1v) is 5.90. The van der Waals surface area contributed by atoms with Crippen LogP contribution in [0.2, 0.25) is 0 Å². The van der Waals surface area contributed by atoms with E-state index in [0.29, 0.717) is 0 Å². The summed E-state index contributed by atoms with van der Waals surface area (Å²) in [7, 11) is 0. The van der Waals surface area contributed by atoms with E-state index in [9.17, 15) is 0 Å². The van der Waals surface area contributed by atoms with Gasteiger partial charge in [-0.05, 0) is 34.4 Å². The van der Waals surface area contributed by atoms with Crippen LogP contribution in [0.1, 0.15) is 5.56 Å². The van der Waals surface area contributed by atoms with Crippen molar-refractivity contribution in [2.75, 3.05) is 0 Å². The van der Waals surface area contributed by atoms with Gasteiger partial charge in [-0.1, -0.05) is 66.7 Å². The van der Waals surface area contributed by atoms with Crippen LogP contribution < -0.4 is 0 Å². The van der Waals surface area contributed by atoms with Crippen LogP contribution in [0.5, 0.6) is 0 Å². The molecule has 0 N–H and O–H groups in total. The highest BCUT2D eigenvalue weighted by molar-refractivity contribution is 5.98. The normalized spacial score (nSPS) is 10.6. The SMILES string of the molecule is Cc1ccc(-c2ccccc2)c2ccccc12. The van der Waals surface area contributed by atoms with Gasteiger partial charge < -0.3 is 0 Å². The van der Waals surface area contributed by atoms with Gasteiger partial charge in [-0.15, -0.1) is 0 Å². The molecule has 0 aromatic heterocycles. The van der Waals surface area contributed by atoms with Crippen molar-refractivity contribution >= 4 is 10.8 Å². The summed E-state index contributed by atoms with van der Waals surface area (Å²) in [5, 5.41) is 2.67. The number of hydrogen-bond donors (Lipinski definition) is 0. The fourth-order valence-corrected chi connectivity index (χ4v) is 2.32. The smallest absolute Gasteiger partial charge is 0.0103 e. The molecule has 0 fully saturated rings. The van der Waals surface area contributed by atoms with Crippen molar-refractivity contribution in [2.45, 2.75) is 6.92 Å². The Morgan fingerprint density at radius 2 is 1.24 bits per heavy atom. The van der Waals surface area contributed by atoms with Gasteiger partial charge >= 0.3 is 0 Å². The van der Waals surface area contributed by atoms with Gasteiger partial charge in [0.1, 0.15) is 0 Å². The first kappa shape index (κ1) is 10.1. The molecule has 0 heteroatoms. The van der Waals surface area contributed by atoms with Crippen LogP contribution >= 0.6 is 0 Å². The minimum absolute atomic E-state index is 1.28. The molecule has 0 spiro atoms. The summed E-state index contributed by atoms with van der Waals surface area (Å²) in [5.41, 5.74) is 3.93. The molecule has 0 heterocycles. The molecule has 3 aromatic rings. The van der Waals surface area contributed by atoms with E-state index >= 15 is 0 Å². The Hall–Kier alpha value is -2.08. The molecule has 17 heavy (non-hydrogen) atoms. The van der Waals surface area contributed by atoms with Gasteiger partial charge in [0.05, 0.1) is 0 Å². The largest absolute Gasteiger partial charge is 0.0622 e. The summed E-state index contributed by atoms with van der Waals surface area (Å²) in [4.78, 5) is 0. The predicted octanol–water partition coefficient (Wildman–Crippen LogP) is 4.82. The molecule has 82 valence electrons. The zero-order chi connectivity index (χ0) is 11.7.